The molecule has 1 N–H and O–H groups in total. The van der Waals surface area contributed by atoms with Gasteiger partial charge in [-0.3, -0.25) is 4.79 Å². The van der Waals surface area contributed by atoms with Crippen LogP contribution in [0, 0.1) is 12.8 Å². The fraction of sp³-hybridized carbons (Fsp3) is 0.360. The smallest absolute Gasteiger partial charge is 0.243 e. The first-order valence-corrected chi connectivity index (χ1v) is 13.5. The molecule has 3 aromatic rings. The summed E-state index contributed by atoms with van der Waals surface area (Å²) in [6.07, 6.45) is 1.79. The molecule has 1 aliphatic rings. The van der Waals surface area contributed by atoms with E-state index in [1.807, 2.05) is 50.2 Å². The number of piperidine rings is 1. The summed E-state index contributed by atoms with van der Waals surface area (Å²) in [7, 11) is -3.52. The number of nitrogens with zero attached hydrogens (tertiary/aromatic N) is 2. The molecule has 1 saturated heterocycles. The zero-order chi connectivity index (χ0) is 23.6. The molecule has 1 aliphatic heterocycles. The van der Waals surface area contributed by atoms with Crippen LogP contribution >= 0.6 is 11.8 Å². The summed E-state index contributed by atoms with van der Waals surface area (Å²) in [5.74, 6) is 0.468. The van der Waals surface area contributed by atoms with E-state index in [1.165, 1.54) is 11.8 Å². The topological polar surface area (TPSA) is 79.4 Å². The van der Waals surface area contributed by atoms with Crippen molar-refractivity contribution in [1.82, 2.24) is 9.29 Å². The first-order chi connectivity index (χ1) is 15.7. The normalized spacial score (nSPS) is 16.6. The van der Waals surface area contributed by atoms with Crippen molar-refractivity contribution >= 4 is 44.3 Å². The van der Waals surface area contributed by atoms with Crippen molar-refractivity contribution in [3.63, 3.8) is 0 Å². The Morgan fingerprint density at radius 2 is 1.82 bits per heavy atom. The third-order valence-electron chi connectivity index (χ3n) is 6.05. The summed E-state index contributed by atoms with van der Waals surface area (Å²) >= 11 is 1.38. The summed E-state index contributed by atoms with van der Waals surface area (Å²) in [5.41, 5.74) is 2.41. The maximum absolute atomic E-state index is 13.1. The maximum Gasteiger partial charge on any atom is 0.243 e. The number of rotatable bonds is 6. The largest absolute Gasteiger partial charge is 0.325 e. The zero-order valence-corrected chi connectivity index (χ0v) is 20.7. The third-order valence-corrected chi connectivity index (χ3v) is 8.96. The Balaban J connectivity index is 1.52. The molecule has 1 fully saturated rings. The van der Waals surface area contributed by atoms with Gasteiger partial charge in [-0.15, -0.1) is 0 Å². The van der Waals surface area contributed by atoms with Crippen molar-refractivity contribution in [3.05, 3.63) is 60.2 Å². The number of anilines is 1. The molecule has 6 nitrogen and oxygen atoms in total. The minimum atomic E-state index is -3.52. The second-order valence-corrected chi connectivity index (χ2v) is 12.0. The Labute approximate surface area is 199 Å². The standard InChI is InChI=1S/C25H29N3O3S2/c1-17-11-13-28(14-12-17)33(30,31)21-9-10-23-22(16-21)18(2)15-24(27-23)32-19(3)25(29)26-20-7-5-4-6-8-20/h4-10,15-17,19H,11-14H2,1-3H3,(H,26,29)/t19-/m1/s1. The predicted octanol–water partition coefficient (Wildman–Crippen LogP) is 5.08. The number of hydrogen-bond acceptors (Lipinski definition) is 5. The second-order valence-electron chi connectivity index (χ2n) is 8.66. The molecule has 2 heterocycles. The Bertz CT molecular complexity index is 1250. The van der Waals surface area contributed by atoms with Crippen LogP contribution in [0.15, 0.2) is 64.5 Å². The first kappa shape index (κ1) is 23.7. The molecule has 0 bridgehead atoms. The van der Waals surface area contributed by atoms with Crippen molar-refractivity contribution in [2.24, 2.45) is 5.92 Å². The number of fused-ring (bicyclic) bond motifs is 1. The average molecular weight is 484 g/mol. The van der Waals surface area contributed by atoms with Crippen molar-refractivity contribution in [3.8, 4) is 0 Å². The molecule has 4 rings (SSSR count). The molecule has 0 unspecified atom stereocenters. The summed E-state index contributed by atoms with van der Waals surface area (Å²) in [4.78, 5) is 17.6. The van der Waals surface area contributed by atoms with E-state index < -0.39 is 10.0 Å². The Hall–Kier alpha value is -2.42. The van der Waals surface area contributed by atoms with Crippen molar-refractivity contribution in [2.75, 3.05) is 18.4 Å². The molecule has 1 amide bonds. The van der Waals surface area contributed by atoms with Gasteiger partial charge in [-0.2, -0.15) is 4.31 Å². The van der Waals surface area contributed by atoms with Crippen LogP contribution in [-0.2, 0) is 14.8 Å². The van der Waals surface area contributed by atoms with Gasteiger partial charge in [0.2, 0.25) is 15.9 Å². The molecule has 0 spiro atoms. The van der Waals surface area contributed by atoms with Gasteiger partial charge in [-0.05, 0) is 74.6 Å². The van der Waals surface area contributed by atoms with Crippen LogP contribution in [0.5, 0.6) is 0 Å². The number of benzene rings is 2. The van der Waals surface area contributed by atoms with Crippen molar-refractivity contribution < 1.29 is 13.2 Å². The molecular weight excluding hydrogens is 454 g/mol. The minimum Gasteiger partial charge on any atom is -0.325 e. The lowest BCUT2D eigenvalue weighted by Crippen LogP contribution is -2.37. The predicted molar refractivity (Wildman–Crippen MR) is 134 cm³/mol. The van der Waals surface area contributed by atoms with Crippen molar-refractivity contribution in [1.29, 1.82) is 0 Å². The summed E-state index contributed by atoms with van der Waals surface area (Å²) < 4.78 is 27.9. The number of para-hydroxylation sites is 1. The molecule has 2 aromatic carbocycles. The minimum absolute atomic E-state index is 0.0944. The van der Waals surface area contributed by atoms with Crippen LogP contribution in [0.4, 0.5) is 5.69 Å². The van der Waals surface area contributed by atoms with E-state index in [4.69, 9.17) is 0 Å². The highest BCUT2D eigenvalue weighted by molar-refractivity contribution is 8.00. The summed E-state index contributed by atoms with van der Waals surface area (Å²) in [6, 6.07) is 16.4. The summed E-state index contributed by atoms with van der Waals surface area (Å²) in [6.45, 7) is 7.09. The number of hydrogen-bond donors (Lipinski definition) is 1. The third kappa shape index (κ3) is 5.39. The van der Waals surface area contributed by atoms with E-state index >= 15 is 0 Å². The molecule has 0 aliphatic carbocycles. The number of pyridine rings is 1. The van der Waals surface area contributed by atoms with Crippen molar-refractivity contribution in [2.45, 2.75) is 48.8 Å². The van der Waals surface area contributed by atoms with E-state index in [-0.39, 0.29) is 11.2 Å². The second kappa shape index (κ2) is 9.83. The average Bonchev–Trinajstić information content (AvgIpc) is 2.79. The Morgan fingerprint density at radius 1 is 1.12 bits per heavy atom. The quantitative estimate of drug-likeness (QED) is 0.495. The number of carbonyl (C=O) groups excluding carboxylic acids is 1. The van der Waals surface area contributed by atoms with Gasteiger partial charge in [-0.25, -0.2) is 13.4 Å². The van der Waals surface area contributed by atoms with E-state index in [2.05, 4.69) is 17.2 Å². The van der Waals surface area contributed by atoms with E-state index in [0.717, 1.165) is 40.0 Å². The highest BCUT2D eigenvalue weighted by atomic mass is 32.2. The van der Waals surface area contributed by atoms with E-state index in [9.17, 15) is 13.2 Å². The van der Waals surface area contributed by atoms with E-state index in [0.29, 0.717) is 23.9 Å². The number of amides is 1. The number of carbonyl (C=O) groups is 1. The lowest BCUT2D eigenvalue weighted by molar-refractivity contribution is -0.115. The molecule has 1 atom stereocenters. The monoisotopic (exact) mass is 483 g/mol. The van der Waals surface area contributed by atoms with Gasteiger partial charge < -0.3 is 5.32 Å². The highest BCUT2D eigenvalue weighted by Crippen LogP contribution is 2.30. The van der Waals surface area contributed by atoms with Gasteiger partial charge in [0.15, 0.2) is 0 Å². The number of nitrogens with one attached hydrogen (secondary N) is 1. The highest BCUT2D eigenvalue weighted by Gasteiger charge is 2.28. The van der Waals surface area contributed by atoms with Crippen LogP contribution < -0.4 is 5.32 Å². The van der Waals surface area contributed by atoms with Gasteiger partial charge in [0.1, 0.15) is 0 Å². The number of aromatic nitrogens is 1. The molecular formula is C25H29N3O3S2. The van der Waals surface area contributed by atoms with Crippen LogP contribution in [0.1, 0.15) is 32.3 Å². The fourth-order valence-electron chi connectivity index (χ4n) is 3.94. The van der Waals surface area contributed by atoms with Gasteiger partial charge in [-0.1, -0.05) is 36.9 Å². The zero-order valence-electron chi connectivity index (χ0n) is 19.1. The first-order valence-electron chi connectivity index (χ1n) is 11.2. The Kier molecular flexibility index (Phi) is 7.07. The molecule has 0 radical (unpaired) electrons. The fourth-order valence-corrected chi connectivity index (χ4v) is 6.36. The van der Waals surface area contributed by atoms with Crippen LogP contribution in [0.2, 0.25) is 0 Å². The SMILES string of the molecule is Cc1cc(S[C@H](C)C(=O)Nc2ccccc2)nc2ccc(S(=O)(=O)N3CCC(C)CC3)cc12. The van der Waals surface area contributed by atoms with Crippen LogP contribution in [-0.4, -0.2) is 42.0 Å². The van der Waals surface area contributed by atoms with E-state index in [1.54, 1.807) is 22.5 Å². The van der Waals surface area contributed by atoms with Gasteiger partial charge in [0.05, 0.1) is 20.7 Å². The van der Waals surface area contributed by atoms with Gasteiger partial charge >= 0.3 is 0 Å². The number of aryl methyl sites for hydroxylation is 1. The van der Waals surface area contributed by atoms with Crippen LogP contribution in [0.25, 0.3) is 10.9 Å². The molecule has 0 saturated carbocycles. The Morgan fingerprint density at radius 3 is 2.52 bits per heavy atom. The molecule has 174 valence electrons. The van der Waals surface area contributed by atoms with Gasteiger partial charge in [0, 0.05) is 24.2 Å². The molecule has 8 heteroatoms. The summed E-state index contributed by atoms with van der Waals surface area (Å²) in [5, 5.41) is 4.12. The number of sulfonamides is 1. The lowest BCUT2D eigenvalue weighted by atomic mass is 10.0. The van der Waals surface area contributed by atoms with Crippen LogP contribution in [0.3, 0.4) is 0 Å². The number of thioether (sulfide) groups is 1. The lowest BCUT2D eigenvalue weighted by Gasteiger charge is -2.29. The maximum atomic E-state index is 13.1. The molecule has 33 heavy (non-hydrogen) atoms. The van der Waals surface area contributed by atoms with Gasteiger partial charge in [0.25, 0.3) is 0 Å². The molecule has 1 aromatic heterocycles.